The highest BCUT2D eigenvalue weighted by Gasteiger charge is 2.71. The molecule has 252 valence electrons. The normalized spacial score (nSPS) is 43.0. The number of carbonyl (C=O) groups excluding carboxylic acids is 1. The van der Waals surface area contributed by atoms with Gasteiger partial charge in [-0.3, -0.25) is 9.59 Å². The van der Waals surface area contributed by atoms with Gasteiger partial charge in [-0.15, -0.1) is 0 Å². The van der Waals surface area contributed by atoms with Crippen LogP contribution in [0.3, 0.4) is 0 Å². The first-order valence-electron chi connectivity index (χ1n) is 17.8. The number of ether oxygens (including phenoxy) is 1. The number of allylic oxidation sites excluding steroid dienone is 3. The molecule has 0 aliphatic heterocycles. The molecular weight excluding hydrogens is 576 g/mol. The summed E-state index contributed by atoms with van der Waals surface area (Å²) in [5.41, 5.74) is 0.535. The van der Waals surface area contributed by atoms with E-state index in [-0.39, 0.29) is 45.7 Å². The molecule has 46 heavy (non-hydrogen) atoms. The number of carboxylic acid groups (broad SMARTS) is 1. The molecule has 0 aromatic heterocycles. The second-order valence-electron chi connectivity index (χ2n) is 17.1. The van der Waals surface area contributed by atoms with Crippen LogP contribution < -0.4 is 4.74 Å². The van der Waals surface area contributed by atoms with Crippen molar-refractivity contribution in [2.45, 2.75) is 112 Å². The molecule has 4 saturated carbocycles. The van der Waals surface area contributed by atoms with Crippen molar-refractivity contribution in [2.24, 2.45) is 56.7 Å². The summed E-state index contributed by atoms with van der Waals surface area (Å²) in [5, 5.41) is 32.1. The van der Waals surface area contributed by atoms with Crippen LogP contribution in [0, 0.1) is 56.7 Å². The third-order valence-electron chi connectivity index (χ3n) is 15.2. The number of hydrogen-bond acceptors (Lipinski definition) is 5. The summed E-state index contributed by atoms with van der Waals surface area (Å²) in [4.78, 5) is 27.5. The molecule has 0 amide bonds. The molecule has 1 aromatic carbocycles. The summed E-state index contributed by atoms with van der Waals surface area (Å²) in [6.07, 6.45) is 13.7. The lowest BCUT2D eigenvalue weighted by molar-refractivity contribution is -0.210. The molecule has 0 bridgehead atoms. The number of aliphatic hydroxyl groups is 1. The molecule has 5 aliphatic carbocycles. The third-order valence-corrected chi connectivity index (χ3v) is 15.2. The average molecular weight is 633 g/mol. The molecule has 0 radical (unpaired) electrons. The molecule has 0 unspecified atom stereocenters. The molecule has 0 spiro atoms. The fourth-order valence-corrected chi connectivity index (χ4v) is 12.4. The maximum Gasteiger partial charge on any atom is 0.310 e. The van der Waals surface area contributed by atoms with Gasteiger partial charge in [-0.1, -0.05) is 65.3 Å². The minimum absolute atomic E-state index is 0.0268. The van der Waals surface area contributed by atoms with Crippen LogP contribution in [-0.4, -0.2) is 40.3 Å². The van der Waals surface area contributed by atoms with E-state index in [1.54, 1.807) is 24.3 Å². The SMILES string of the molecule is COc1cc(C=CC(=O)C[C@@]23CC[C@@]4(C(=O)O)CC[C@@H](C)[C@H](C)[C@H]4C2=CC[C@@H]2[C@@]4(C)CC[C@H](O)C(C)(C)[C@@H]4CC[C@]23C)ccc1O. The molecular formula is C40H56O6. The maximum absolute atomic E-state index is 14.3. The van der Waals surface area contributed by atoms with E-state index in [4.69, 9.17) is 4.74 Å². The number of phenols is 1. The van der Waals surface area contributed by atoms with Crippen LogP contribution in [0.4, 0.5) is 0 Å². The molecule has 0 saturated heterocycles. The number of phenolic OH excluding ortho intramolecular Hbond substituents is 1. The molecule has 3 N–H and O–H groups in total. The van der Waals surface area contributed by atoms with Crippen molar-refractivity contribution in [2.75, 3.05) is 7.11 Å². The number of rotatable bonds is 6. The van der Waals surface area contributed by atoms with Crippen molar-refractivity contribution >= 4 is 17.8 Å². The Labute approximate surface area is 275 Å². The van der Waals surface area contributed by atoms with Crippen LogP contribution in [0.1, 0.15) is 111 Å². The van der Waals surface area contributed by atoms with Gasteiger partial charge in [0.1, 0.15) is 0 Å². The van der Waals surface area contributed by atoms with Gasteiger partial charge in [-0.05, 0) is 127 Å². The predicted octanol–water partition coefficient (Wildman–Crippen LogP) is 8.46. The van der Waals surface area contributed by atoms with Crippen LogP contribution in [0.2, 0.25) is 0 Å². The highest BCUT2D eigenvalue weighted by molar-refractivity contribution is 5.94. The highest BCUT2D eigenvalue weighted by Crippen LogP contribution is 2.76. The Bertz CT molecular complexity index is 1460. The van der Waals surface area contributed by atoms with Gasteiger partial charge in [0.2, 0.25) is 0 Å². The van der Waals surface area contributed by atoms with Gasteiger partial charge >= 0.3 is 5.97 Å². The van der Waals surface area contributed by atoms with E-state index in [0.717, 1.165) is 50.5 Å². The summed E-state index contributed by atoms with van der Waals surface area (Å²) in [5.74, 6) is 1.14. The molecule has 10 atom stereocenters. The first-order valence-corrected chi connectivity index (χ1v) is 17.8. The van der Waals surface area contributed by atoms with Gasteiger partial charge in [-0.25, -0.2) is 0 Å². The van der Waals surface area contributed by atoms with Gasteiger partial charge in [-0.2, -0.15) is 0 Å². The van der Waals surface area contributed by atoms with E-state index >= 15 is 0 Å². The average Bonchev–Trinajstić information content (AvgIpc) is 3.00. The van der Waals surface area contributed by atoms with Gasteiger partial charge in [0.05, 0.1) is 18.6 Å². The molecule has 1 aromatic rings. The zero-order chi connectivity index (χ0) is 33.4. The van der Waals surface area contributed by atoms with Crippen LogP contribution in [0.5, 0.6) is 11.5 Å². The maximum atomic E-state index is 14.3. The van der Waals surface area contributed by atoms with Crippen LogP contribution in [0.15, 0.2) is 35.9 Å². The summed E-state index contributed by atoms with van der Waals surface area (Å²) < 4.78 is 5.29. The molecule has 6 nitrogen and oxygen atoms in total. The number of methoxy groups -OCH3 is 1. The molecule has 6 rings (SSSR count). The quantitative estimate of drug-likeness (QED) is 0.215. The molecule has 0 heterocycles. The van der Waals surface area contributed by atoms with Gasteiger partial charge in [0, 0.05) is 11.8 Å². The Kier molecular flexibility index (Phi) is 8.14. The van der Waals surface area contributed by atoms with Crippen LogP contribution in [0.25, 0.3) is 6.08 Å². The third kappa shape index (κ3) is 4.58. The van der Waals surface area contributed by atoms with Crippen LogP contribution >= 0.6 is 0 Å². The Hall–Kier alpha value is -2.60. The predicted molar refractivity (Wildman–Crippen MR) is 180 cm³/mol. The Balaban J connectivity index is 1.46. The van der Waals surface area contributed by atoms with Crippen molar-refractivity contribution in [1.29, 1.82) is 0 Å². The fourth-order valence-electron chi connectivity index (χ4n) is 12.4. The summed E-state index contributed by atoms with van der Waals surface area (Å²) >= 11 is 0. The first-order chi connectivity index (χ1) is 21.6. The second kappa shape index (κ2) is 11.2. The smallest absolute Gasteiger partial charge is 0.310 e. The van der Waals surface area contributed by atoms with Crippen molar-refractivity contribution in [3.63, 3.8) is 0 Å². The fraction of sp³-hybridized carbons (Fsp3) is 0.700. The largest absolute Gasteiger partial charge is 0.504 e. The monoisotopic (exact) mass is 632 g/mol. The molecule has 4 fully saturated rings. The summed E-state index contributed by atoms with van der Waals surface area (Å²) in [7, 11) is 1.51. The number of fused-ring (bicyclic) bond motifs is 7. The van der Waals surface area contributed by atoms with Crippen molar-refractivity contribution < 1.29 is 29.6 Å². The standard InChI is InChI=1S/C40H56O6/c1-24-14-19-39(35(44)45)20-21-40(23-27(41)10-8-26-9-12-29(42)30(22-26)46-7)28(34(39)25(24)2)11-13-32-37(5)17-16-33(43)36(3,4)31(37)15-18-38(32,40)6/h8-12,22,24-25,31-34,42-43H,13-21,23H2,1-7H3,(H,44,45)/t24-,25+,31+,32-,33+,34+,37+,38-,39+,40+/m1/s1. The molecule has 6 heteroatoms. The zero-order valence-electron chi connectivity index (χ0n) is 29.1. The van der Waals surface area contributed by atoms with Crippen molar-refractivity contribution in [3.8, 4) is 11.5 Å². The number of carbonyl (C=O) groups is 2. The zero-order valence-corrected chi connectivity index (χ0v) is 29.1. The van der Waals surface area contributed by atoms with Crippen molar-refractivity contribution in [3.05, 3.63) is 41.5 Å². The number of aliphatic hydroxyl groups excluding tert-OH is 1. The number of aromatic hydroxyl groups is 1. The van der Waals surface area contributed by atoms with E-state index in [1.807, 2.05) is 6.08 Å². The van der Waals surface area contributed by atoms with E-state index in [9.17, 15) is 24.9 Å². The second-order valence-corrected chi connectivity index (χ2v) is 17.1. The lowest BCUT2D eigenvalue weighted by Gasteiger charge is -2.71. The van der Waals surface area contributed by atoms with Gasteiger partial charge in [0.15, 0.2) is 17.3 Å². The number of aliphatic carboxylic acids is 1. The number of hydrogen-bond donors (Lipinski definition) is 3. The molecule has 5 aliphatic rings. The summed E-state index contributed by atoms with van der Waals surface area (Å²) in [6.45, 7) is 14.0. The summed E-state index contributed by atoms with van der Waals surface area (Å²) in [6, 6.07) is 5.09. The minimum atomic E-state index is -0.774. The topological polar surface area (TPSA) is 104 Å². The van der Waals surface area contributed by atoms with E-state index < -0.39 is 16.8 Å². The van der Waals surface area contributed by atoms with E-state index in [0.29, 0.717) is 42.8 Å². The Morgan fingerprint density at radius 1 is 0.978 bits per heavy atom. The Morgan fingerprint density at radius 2 is 1.72 bits per heavy atom. The number of ketones is 1. The van der Waals surface area contributed by atoms with E-state index in [2.05, 4.69) is 47.6 Å². The van der Waals surface area contributed by atoms with Crippen molar-refractivity contribution in [1.82, 2.24) is 0 Å². The Morgan fingerprint density at radius 3 is 2.41 bits per heavy atom. The van der Waals surface area contributed by atoms with Gasteiger partial charge in [0.25, 0.3) is 0 Å². The minimum Gasteiger partial charge on any atom is -0.504 e. The lowest BCUT2D eigenvalue weighted by Crippen LogP contribution is -2.66. The van der Waals surface area contributed by atoms with Gasteiger partial charge < -0.3 is 20.1 Å². The number of benzene rings is 1. The highest BCUT2D eigenvalue weighted by atomic mass is 16.5. The first kappa shape index (κ1) is 33.3. The van der Waals surface area contributed by atoms with E-state index in [1.165, 1.54) is 12.7 Å². The number of carboxylic acids is 1. The lowest BCUT2D eigenvalue weighted by atomic mass is 9.32. The van der Waals surface area contributed by atoms with Crippen LogP contribution in [-0.2, 0) is 9.59 Å².